The number of methoxy groups -OCH3 is 1. The molecule has 1 aliphatic carbocycles. The fourth-order valence-electron chi connectivity index (χ4n) is 4.51. The van der Waals surface area contributed by atoms with E-state index in [9.17, 15) is 14.7 Å². The number of hydrogen-bond acceptors (Lipinski definition) is 8. The second-order valence-corrected chi connectivity index (χ2v) is 9.96. The fraction of sp³-hybridized carbons (Fsp3) is 0.520. The van der Waals surface area contributed by atoms with Crippen LogP contribution in [0.2, 0.25) is 0 Å². The van der Waals surface area contributed by atoms with Crippen LogP contribution in [0.3, 0.4) is 0 Å². The van der Waals surface area contributed by atoms with Gasteiger partial charge in [0.1, 0.15) is 22.9 Å². The second kappa shape index (κ2) is 10.7. The number of aliphatic hydroxyl groups excluding tert-OH is 1. The topological polar surface area (TPSA) is 135 Å². The minimum atomic E-state index is -0.456. The van der Waals surface area contributed by atoms with Crippen LogP contribution in [0.1, 0.15) is 55.9 Å². The fourth-order valence-corrected chi connectivity index (χ4v) is 4.51. The molecule has 11 nitrogen and oxygen atoms in total. The highest BCUT2D eigenvalue weighted by atomic mass is 16.5. The van der Waals surface area contributed by atoms with E-state index < -0.39 is 5.41 Å². The molecule has 3 heterocycles. The molecule has 0 aliphatic heterocycles. The molecule has 3 aromatic rings. The maximum absolute atomic E-state index is 13.4. The Kier molecular flexibility index (Phi) is 7.60. The van der Waals surface area contributed by atoms with E-state index in [0.29, 0.717) is 35.1 Å². The molecule has 0 spiro atoms. The third-order valence-corrected chi connectivity index (χ3v) is 6.69. The number of rotatable bonds is 9. The standard InChI is InChI=1S/C25H35N7O4/c1-25(2,15-33)14-27-23(34)16-13-28-32-21(26-3)12-20(30-22(16)32)29-17-8-7-11-31(24(17)35)18-9-5-6-10-19(18)36-4/h7-8,11-13,18-19,26,33H,5-6,9-10,14-15H2,1-4H3,(H,27,34)(H,29,30)/t18-,19+/m1/s1. The second-order valence-electron chi connectivity index (χ2n) is 9.96. The molecule has 0 unspecified atom stereocenters. The average molecular weight is 498 g/mol. The normalized spacial score (nSPS) is 18.2. The number of ether oxygens (including phenoxy) is 1. The Balaban J connectivity index is 1.65. The molecule has 0 bridgehead atoms. The Bertz CT molecular complexity index is 1280. The zero-order chi connectivity index (χ0) is 25.9. The van der Waals surface area contributed by atoms with Crippen molar-refractivity contribution >= 4 is 28.9 Å². The first-order valence-electron chi connectivity index (χ1n) is 12.2. The molecule has 2 atom stereocenters. The Labute approximate surface area is 209 Å². The van der Waals surface area contributed by atoms with Crippen molar-refractivity contribution in [1.29, 1.82) is 0 Å². The van der Waals surface area contributed by atoms with Crippen LogP contribution in [-0.2, 0) is 4.74 Å². The molecule has 0 saturated heterocycles. The van der Waals surface area contributed by atoms with E-state index in [2.05, 4.69) is 26.0 Å². The molecule has 1 amide bonds. The number of fused-ring (bicyclic) bond motifs is 1. The van der Waals surface area contributed by atoms with E-state index in [-0.39, 0.29) is 30.2 Å². The van der Waals surface area contributed by atoms with E-state index in [1.165, 1.54) is 10.7 Å². The van der Waals surface area contributed by atoms with E-state index >= 15 is 0 Å². The Morgan fingerprint density at radius 1 is 1.31 bits per heavy atom. The minimum absolute atomic E-state index is 0.000689. The van der Waals surface area contributed by atoms with Gasteiger partial charge in [0.2, 0.25) is 0 Å². The molecule has 0 aromatic carbocycles. The Hall–Kier alpha value is -3.44. The molecule has 3 aromatic heterocycles. The predicted octanol–water partition coefficient (Wildman–Crippen LogP) is 2.55. The lowest BCUT2D eigenvalue weighted by Gasteiger charge is -2.32. The third kappa shape index (κ3) is 5.21. The van der Waals surface area contributed by atoms with Gasteiger partial charge in [-0.25, -0.2) is 4.98 Å². The van der Waals surface area contributed by atoms with E-state index in [4.69, 9.17) is 4.74 Å². The van der Waals surface area contributed by atoms with Crippen molar-refractivity contribution in [2.75, 3.05) is 37.9 Å². The molecule has 4 rings (SSSR count). The highest BCUT2D eigenvalue weighted by molar-refractivity contribution is 6.00. The van der Waals surface area contributed by atoms with Gasteiger partial charge in [-0.2, -0.15) is 9.61 Å². The summed E-state index contributed by atoms with van der Waals surface area (Å²) in [7, 11) is 3.44. The number of pyridine rings is 1. The zero-order valence-corrected chi connectivity index (χ0v) is 21.2. The number of aromatic nitrogens is 4. The molecule has 11 heteroatoms. The SMILES string of the molecule is CNc1cc(Nc2cccn([C@@H]3CCCC[C@@H]3OC)c2=O)nc2c(C(=O)NCC(C)(C)CO)cnn12. The van der Waals surface area contributed by atoms with Crippen molar-refractivity contribution in [3.63, 3.8) is 0 Å². The number of hydrogen-bond donors (Lipinski definition) is 4. The van der Waals surface area contributed by atoms with Gasteiger partial charge < -0.3 is 30.4 Å². The predicted molar refractivity (Wildman–Crippen MR) is 138 cm³/mol. The zero-order valence-electron chi connectivity index (χ0n) is 21.2. The quantitative estimate of drug-likeness (QED) is 0.354. The number of nitrogens with zero attached hydrogens (tertiary/aromatic N) is 4. The monoisotopic (exact) mass is 497 g/mol. The van der Waals surface area contributed by atoms with Crippen molar-refractivity contribution < 1.29 is 14.6 Å². The molecule has 4 N–H and O–H groups in total. The van der Waals surface area contributed by atoms with E-state index in [1.807, 2.05) is 19.9 Å². The van der Waals surface area contributed by atoms with Gasteiger partial charge in [0.15, 0.2) is 5.65 Å². The number of anilines is 3. The maximum Gasteiger partial charge on any atom is 0.274 e. The first-order valence-corrected chi connectivity index (χ1v) is 12.2. The van der Waals surface area contributed by atoms with Gasteiger partial charge in [-0.15, -0.1) is 0 Å². The van der Waals surface area contributed by atoms with Gasteiger partial charge in [-0.3, -0.25) is 9.59 Å². The first-order chi connectivity index (χ1) is 17.3. The number of amides is 1. The number of nitrogens with one attached hydrogen (secondary N) is 3. The summed E-state index contributed by atoms with van der Waals surface area (Å²) in [5.41, 5.74) is 0.400. The molecular formula is C25H35N7O4. The Morgan fingerprint density at radius 3 is 2.81 bits per heavy atom. The molecular weight excluding hydrogens is 462 g/mol. The molecule has 36 heavy (non-hydrogen) atoms. The molecule has 194 valence electrons. The highest BCUT2D eigenvalue weighted by Crippen LogP contribution is 2.30. The Morgan fingerprint density at radius 2 is 2.08 bits per heavy atom. The van der Waals surface area contributed by atoms with Crippen LogP contribution in [0, 0.1) is 5.41 Å². The third-order valence-electron chi connectivity index (χ3n) is 6.69. The average Bonchev–Trinajstić information content (AvgIpc) is 3.32. The van der Waals surface area contributed by atoms with Gasteiger partial charge >= 0.3 is 0 Å². The maximum atomic E-state index is 13.4. The smallest absolute Gasteiger partial charge is 0.274 e. The lowest BCUT2D eigenvalue weighted by Crippen LogP contribution is -2.36. The van der Waals surface area contributed by atoms with Gasteiger partial charge in [-0.05, 0) is 25.0 Å². The van der Waals surface area contributed by atoms with Crippen LogP contribution in [0.4, 0.5) is 17.3 Å². The first kappa shape index (κ1) is 25.6. The van der Waals surface area contributed by atoms with E-state index in [0.717, 1.165) is 25.7 Å². The molecule has 1 aliphatic rings. The van der Waals surface area contributed by atoms with Crippen molar-refractivity contribution in [2.45, 2.75) is 51.7 Å². The lowest BCUT2D eigenvalue weighted by molar-refractivity contribution is 0.0278. The molecule has 1 fully saturated rings. The van der Waals surface area contributed by atoms with Crippen molar-refractivity contribution in [1.82, 2.24) is 24.5 Å². The van der Waals surface area contributed by atoms with Crippen molar-refractivity contribution in [3.8, 4) is 0 Å². The summed E-state index contributed by atoms with van der Waals surface area (Å²) in [6, 6.07) is 5.26. The van der Waals surface area contributed by atoms with Gasteiger partial charge in [-0.1, -0.05) is 26.7 Å². The summed E-state index contributed by atoms with van der Waals surface area (Å²) in [4.78, 5) is 30.9. The minimum Gasteiger partial charge on any atom is -0.396 e. The van der Waals surface area contributed by atoms with Gasteiger partial charge in [0.05, 0.1) is 18.3 Å². The molecule has 1 saturated carbocycles. The van der Waals surface area contributed by atoms with Crippen LogP contribution in [-0.4, -0.2) is 63.6 Å². The summed E-state index contributed by atoms with van der Waals surface area (Å²) in [5, 5.41) is 22.8. The van der Waals surface area contributed by atoms with Crippen LogP contribution < -0.4 is 21.5 Å². The van der Waals surface area contributed by atoms with Crippen molar-refractivity contribution in [3.05, 3.63) is 46.5 Å². The number of carbonyl (C=O) groups excluding carboxylic acids is 1. The largest absolute Gasteiger partial charge is 0.396 e. The number of carbonyl (C=O) groups is 1. The summed E-state index contributed by atoms with van der Waals surface area (Å²) in [6.07, 6.45) is 7.22. The summed E-state index contributed by atoms with van der Waals surface area (Å²) >= 11 is 0. The number of aliphatic hydroxyl groups is 1. The van der Waals surface area contributed by atoms with E-state index in [1.54, 1.807) is 37.1 Å². The lowest BCUT2D eigenvalue weighted by atomic mass is 9.92. The summed E-state index contributed by atoms with van der Waals surface area (Å²) < 4.78 is 8.94. The summed E-state index contributed by atoms with van der Waals surface area (Å²) in [6.45, 7) is 3.96. The highest BCUT2D eigenvalue weighted by Gasteiger charge is 2.27. The molecule has 0 radical (unpaired) electrons. The van der Waals surface area contributed by atoms with Gasteiger partial charge in [0, 0.05) is 45.0 Å². The van der Waals surface area contributed by atoms with Crippen LogP contribution >= 0.6 is 0 Å². The van der Waals surface area contributed by atoms with Crippen LogP contribution in [0.15, 0.2) is 35.4 Å². The summed E-state index contributed by atoms with van der Waals surface area (Å²) in [5.74, 6) is 0.655. The van der Waals surface area contributed by atoms with Gasteiger partial charge in [0.25, 0.3) is 11.5 Å². The van der Waals surface area contributed by atoms with Crippen LogP contribution in [0.5, 0.6) is 0 Å². The van der Waals surface area contributed by atoms with Crippen molar-refractivity contribution in [2.24, 2.45) is 5.41 Å². The van der Waals surface area contributed by atoms with Crippen LogP contribution in [0.25, 0.3) is 5.65 Å².